The van der Waals surface area contributed by atoms with E-state index in [-0.39, 0.29) is 11.3 Å². The van der Waals surface area contributed by atoms with E-state index in [1.54, 1.807) is 0 Å². The van der Waals surface area contributed by atoms with E-state index in [4.69, 9.17) is 0 Å². The lowest BCUT2D eigenvalue weighted by molar-refractivity contribution is -0.115. The Bertz CT molecular complexity index is 608. The highest BCUT2D eigenvalue weighted by Gasteiger charge is 2.28. The summed E-state index contributed by atoms with van der Waals surface area (Å²) in [6, 6.07) is 4.25. The van der Waals surface area contributed by atoms with Crippen LogP contribution in [0, 0.1) is 26.2 Å². The van der Waals surface area contributed by atoms with Gasteiger partial charge in [-0.1, -0.05) is 38.5 Å². The maximum Gasteiger partial charge on any atom is 0.275 e. The van der Waals surface area contributed by atoms with Crippen LogP contribution in [0.5, 0.6) is 0 Å². The van der Waals surface area contributed by atoms with Crippen molar-refractivity contribution in [2.24, 2.45) is 10.4 Å². The summed E-state index contributed by atoms with van der Waals surface area (Å²) in [4.78, 5) is 16.5. The topological polar surface area (TPSA) is 41.5 Å². The Morgan fingerprint density at radius 2 is 1.65 bits per heavy atom. The summed E-state index contributed by atoms with van der Waals surface area (Å²) < 4.78 is 0. The SMILES string of the molecule is Cc1cc(C)c(/C=C2\N=C(C(C)(C)C)NC2=O)c(C)c1. The summed E-state index contributed by atoms with van der Waals surface area (Å²) in [6.07, 6.45) is 1.89. The molecule has 1 aromatic carbocycles. The number of hydrogen-bond acceptors (Lipinski definition) is 2. The van der Waals surface area contributed by atoms with Crippen LogP contribution in [-0.4, -0.2) is 11.7 Å². The molecule has 0 spiro atoms. The van der Waals surface area contributed by atoms with Gasteiger partial charge in [-0.05, 0) is 43.5 Å². The lowest BCUT2D eigenvalue weighted by Crippen LogP contribution is -2.34. The minimum Gasteiger partial charge on any atom is -0.308 e. The first-order chi connectivity index (χ1) is 9.18. The fourth-order valence-electron chi connectivity index (χ4n) is 2.38. The fourth-order valence-corrected chi connectivity index (χ4v) is 2.38. The summed E-state index contributed by atoms with van der Waals surface area (Å²) in [5, 5.41) is 2.86. The number of aryl methyl sites for hydroxylation is 3. The van der Waals surface area contributed by atoms with Crippen molar-refractivity contribution in [3.63, 3.8) is 0 Å². The Morgan fingerprint density at radius 1 is 1.10 bits per heavy atom. The van der Waals surface area contributed by atoms with Crippen molar-refractivity contribution < 1.29 is 4.79 Å². The minimum atomic E-state index is -0.150. The predicted molar refractivity (Wildman–Crippen MR) is 83.7 cm³/mol. The van der Waals surface area contributed by atoms with Crippen molar-refractivity contribution in [3.8, 4) is 0 Å². The molecule has 0 radical (unpaired) electrons. The minimum absolute atomic E-state index is 0.116. The van der Waals surface area contributed by atoms with Gasteiger partial charge in [0, 0.05) is 5.41 Å². The molecular formula is C17H22N2O. The van der Waals surface area contributed by atoms with Crippen LogP contribution >= 0.6 is 0 Å². The van der Waals surface area contributed by atoms with E-state index in [0.29, 0.717) is 5.70 Å². The molecule has 1 aliphatic rings. The van der Waals surface area contributed by atoms with Crippen molar-refractivity contribution >= 4 is 17.8 Å². The third kappa shape index (κ3) is 2.82. The first-order valence-electron chi connectivity index (χ1n) is 6.88. The van der Waals surface area contributed by atoms with Gasteiger partial charge in [0.05, 0.1) is 0 Å². The number of benzene rings is 1. The van der Waals surface area contributed by atoms with Crippen molar-refractivity contribution in [1.29, 1.82) is 0 Å². The van der Waals surface area contributed by atoms with E-state index < -0.39 is 0 Å². The van der Waals surface area contributed by atoms with Crippen molar-refractivity contribution in [2.75, 3.05) is 0 Å². The highest BCUT2D eigenvalue weighted by molar-refractivity contribution is 6.15. The van der Waals surface area contributed by atoms with Gasteiger partial charge in [0.25, 0.3) is 5.91 Å². The van der Waals surface area contributed by atoms with Crippen molar-refractivity contribution in [2.45, 2.75) is 41.5 Å². The highest BCUT2D eigenvalue weighted by atomic mass is 16.2. The average Bonchev–Trinajstić information content (AvgIpc) is 2.65. The first-order valence-corrected chi connectivity index (χ1v) is 6.88. The van der Waals surface area contributed by atoms with Gasteiger partial charge in [0.15, 0.2) is 0 Å². The number of hydrogen-bond donors (Lipinski definition) is 1. The van der Waals surface area contributed by atoms with Crippen LogP contribution < -0.4 is 5.32 Å². The molecule has 3 heteroatoms. The maximum atomic E-state index is 12.0. The van der Waals surface area contributed by atoms with Gasteiger partial charge in [-0.25, -0.2) is 4.99 Å². The smallest absolute Gasteiger partial charge is 0.275 e. The average molecular weight is 270 g/mol. The zero-order valence-corrected chi connectivity index (χ0v) is 13.1. The number of rotatable bonds is 1. The molecule has 1 amide bonds. The summed E-state index contributed by atoms with van der Waals surface area (Å²) in [7, 11) is 0. The van der Waals surface area contributed by atoms with Gasteiger partial charge in [-0.15, -0.1) is 0 Å². The Balaban J connectivity index is 2.47. The molecule has 0 saturated carbocycles. The lowest BCUT2D eigenvalue weighted by Gasteiger charge is -2.16. The van der Waals surface area contributed by atoms with Gasteiger partial charge >= 0.3 is 0 Å². The molecule has 1 N–H and O–H groups in total. The number of nitrogens with one attached hydrogen (secondary N) is 1. The van der Waals surface area contributed by atoms with Gasteiger partial charge in [-0.2, -0.15) is 0 Å². The molecule has 2 rings (SSSR count). The summed E-state index contributed by atoms with van der Waals surface area (Å²) in [5.74, 6) is 0.616. The number of nitrogens with zero attached hydrogens (tertiary/aromatic N) is 1. The molecule has 1 heterocycles. The van der Waals surface area contributed by atoms with Crippen LogP contribution in [0.3, 0.4) is 0 Å². The van der Waals surface area contributed by atoms with E-state index >= 15 is 0 Å². The zero-order chi connectivity index (χ0) is 15.1. The molecule has 0 unspecified atom stereocenters. The van der Waals surface area contributed by atoms with E-state index in [9.17, 15) is 4.79 Å². The van der Waals surface area contributed by atoms with Crippen LogP contribution in [0.25, 0.3) is 6.08 Å². The second-order valence-electron chi connectivity index (χ2n) is 6.51. The highest BCUT2D eigenvalue weighted by Crippen LogP contribution is 2.24. The van der Waals surface area contributed by atoms with Gasteiger partial charge in [0.2, 0.25) is 0 Å². The second kappa shape index (κ2) is 4.89. The van der Waals surface area contributed by atoms with Crippen molar-refractivity contribution in [1.82, 2.24) is 5.32 Å². The Morgan fingerprint density at radius 3 is 2.10 bits per heavy atom. The van der Waals surface area contributed by atoms with E-state index in [0.717, 1.165) is 11.4 Å². The summed E-state index contributed by atoms with van der Waals surface area (Å²) >= 11 is 0. The number of aliphatic imine (C=N–C) groups is 1. The molecule has 20 heavy (non-hydrogen) atoms. The normalized spacial score (nSPS) is 17.4. The molecule has 1 aromatic rings. The predicted octanol–water partition coefficient (Wildman–Crippen LogP) is 3.53. The standard InChI is InChI=1S/C17H22N2O/c1-10-7-11(2)13(12(3)8-10)9-14-15(20)19-16(18-14)17(4,5)6/h7-9H,1-6H3,(H,18,19,20)/b14-9-. The zero-order valence-electron chi connectivity index (χ0n) is 13.1. The fraction of sp³-hybridized carbons (Fsp3) is 0.412. The molecule has 106 valence electrons. The van der Waals surface area contributed by atoms with Crippen LogP contribution in [0.1, 0.15) is 43.0 Å². The van der Waals surface area contributed by atoms with E-state index in [1.807, 2.05) is 26.8 Å². The maximum absolute atomic E-state index is 12.0. The number of carbonyl (C=O) groups is 1. The van der Waals surface area contributed by atoms with Gasteiger partial charge < -0.3 is 5.32 Å². The van der Waals surface area contributed by atoms with Crippen LogP contribution in [0.2, 0.25) is 0 Å². The van der Waals surface area contributed by atoms with Gasteiger partial charge in [-0.3, -0.25) is 4.79 Å². The number of amidine groups is 1. The third-order valence-corrected chi connectivity index (χ3v) is 3.43. The first kappa shape index (κ1) is 14.5. The molecule has 0 aromatic heterocycles. The molecule has 0 bridgehead atoms. The van der Waals surface area contributed by atoms with Crippen LogP contribution in [-0.2, 0) is 4.79 Å². The Labute approximate surface area is 120 Å². The number of carbonyl (C=O) groups excluding carboxylic acids is 1. The van der Waals surface area contributed by atoms with Gasteiger partial charge in [0.1, 0.15) is 11.5 Å². The Kier molecular flexibility index (Phi) is 3.55. The molecule has 0 atom stereocenters. The lowest BCUT2D eigenvalue weighted by atomic mass is 9.95. The quantitative estimate of drug-likeness (QED) is 0.779. The Hall–Kier alpha value is -1.90. The largest absolute Gasteiger partial charge is 0.308 e. The van der Waals surface area contributed by atoms with Crippen LogP contribution in [0.4, 0.5) is 0 Å². The molecule has 1 aliphatic heterocycles. The molecule has 3 nitrogen and oxygen atoms in total. The monoisotopic (exact) mass is 270 g/mol. The third-order valence-electron chi connectivity index (χ3n) is 3.43. The molecular weight excluding hydrogens is 248 g/mol. The summed E-state index contributed by atoms with van der Waals surface area (Å²) in [5.41, 5.74) is 4.99. The molecule has 0 saturated heterocycles. The van der Waals surface area contributed by atoms with Crippen LogP contribution in [0.15, 0.2) is 22.8 Å². The number of amides is 1. The molecule has 0 aliphatic carbocycles. The van der Waals surface area contributed by atoms with E-state index in [1.165, 1.54) is 16.7 Å². The summed E-state index contributed by atoms with van der Waals surface area (Å²) in [6.45, 7) is 12.3. The van der Waals surface area contributed by atoms with Crippen molar-refractivity contribution in [3.05, 3.63) is 40.1 Å². The van der Waals surface area contributed by atoms with E-state index in [2.05, 4.69) is 43.2 Å². The second-order valence-corrected chi connectivity index (χ2v) is 6.51. The molecule has 0 fully saturated rings.